The van der Waals surface area contributed by atoms with E-state index in [0.29, 0.717) is 17.9 Å². The average molecular weight is 480 g/mol. The lowest BCUT2D eigenvalue weighted by atomic mass is 10.1. The molecule has 0 amide bonds. The zero-order valence-corrected chi connectivity index (χ0v) is 20.1. The van der Waals surface area contributed by atoms with E-state index in [9.17, 15) is 19.5 Å². The first kappa shape index (κ1) is 28.1. The number of ether oxygens (including phenoxy) is 3. The summed E-state index contributed by atoms with van der Waals surface area (Å²) < 4.78 is 16.0. The zero-order valence-electron chi connectivity index (χ0n) is 19.3. The van der Waals surface area contributed by atoms with Crippen molar-refractivity contribution in [3.63, 3.8) is 0 Å². The fourth-order valence-electron chi connectivity index (χ4n) is 2.49. The molecular formula is C24H30ClNO7. The zero-order chi connectivity index (χ0) is 23.8. The van der Waals surface area contributed by atoms with Crippen molar-refractivity contribution in [2.75, 3.05) is 13.6 Å². The molecule has 0 spiro atoms. The molecule has 8 nitrogen and oxygen atoms in total. The van der Waals surface area contributed by atoms with Crippen LogP contribution in [-0.4, -0.2) is 36.6 Å². The van der Waals surface area contributed by atoms with E-state index < -0.39 is 24.0 Å². The topological polar surface area (TPSA) is 111 Å². The van der Waals surface area contributed by atoms with Gasteiger partial charge in [-0.15, -0.1) is 12.4 Å². The molecule has 0 saturated heterocycles. The Hall–Kier alpha value is -2.94. The van der Waals surface area contributed by atoms with Crippen molar-refractivity contribution in [1.82, 2.24) is 5.32 Å². The fraction of sp³-hybridized carbons (Fsp3) is 0.375. The van der Waals surface area contributed by atoms with Crippen LogP contribution in [0.5, 0.6) is 17.2 Å². The number of likely N-dealkylation sites (N-methyl/N-ethyl adjacent to an activating group) is 1. The Bertz CT molecular complexity index is 958. The van der Waals surface area contributed by atoms with Crippen LogP contribution < -0.4 is 19.5 Å². The number of halogens is 1. The van der Waals surface area contributed by atoms with Gasteiger partial charge in [0.2, 0.25) is 0 Å². The van der Waals surface area contributed by atoms with E-state index in [1.165, 1.54) is 36.4 Å². The van der Waals surface area contributed by atoms with Crippen LogP contribution in [0.4, 0.5) is 0 Å². The molecule has 9 heteroatoms. The molecule has 1 atom stereocenters. The van der Waals surface area contributed by atoms with Crippen molar-refractivity contribution in [3.05, 3.63) is 53.6 Å². The van der Waals surface area contributed by atoms with Crippen LogP contribution in [0.15, 0.2) is 42.5 Å². The van der Waals surface area contributed by atoms with Crippen molar-refractivity contribution in [2.45, 2.75) is 33.8 Å². The minimum Gasteiger partial charge on any atom is -0.426 e. The molecule has 2 rings (SSSR count). The monoisotopic (exact) mass is 479 g/mol. The maximum atomic E-state index is 12.6. The smallest absolute Gasteiger partial charge is 0.343 e. The molecular weight excluding hydrogens is 450 g/mol. The summed E-state index contributed by atoms with van der Waals surface area (Å²) >= 11 is 0. The number of aliphatic hydroxyl groups excluding tert-OH is 1. The third-order valence-electron chi connectivity index (χ3n) is 4.41. The van der Waals surface area contributed by atoms with Crippen LogP contribution in [0.1, 0.15) is 49.7 Å². The molecule has 180 valence electrons. The van der Waals surface area contributed by atoms with Gasteiger partial charge in [-0.1, -0.05) is 33.8 Å². The lowest BCUT2D eigenvalue weighted by Gasteiger charge is -2.16. The summed E-state index contributed by atoms with van der Waals surface area (Å²) in [5.74, 6) is -1.85. The molecule has 0 aliphatic carbocycles. The van der Waals surface area contributed by atoms with Gasteiger partial charge in [-0.3, -0.25) is 9.59 Å². The summed E-state index contributed by atoms with van der Waals surface area (Å²) in [5, 5.41) is 13.1. The highest BCUT2D eigenvalue weighted by molar-refractivity contribution is 5.91. The first-order chi connectivity index (χ1) is 15.1. The second-order valence-corrected chi connectivity index (χ2v) is 7.85. The van der Waals surface area contributed by atoms with Gasteiger partial charge in [0.1, 0.15) is 5.75 Å². The number of benzene rings is 2. The van der Waals surface area contributed by atoms with Crippen molar-refractivity contribution in [2.24, 2.45) is 11.8 Å². The van der Waals surface area contributed by atoms with Gasteiger partial charge >= 0.3 is 17.9 Å². The average Bonchev–Trinajstić information content (AvgIpc) is 2.75. The molecule has 0 saturated carbocycles. The fourth-order valence-corrected chi connectivity index (χ4v) is 2.49. The quantitative estimate of drug-likeness (QED) is 0.413. The molecule has 2 aromatic rings. The molecule has 0 fully saturated rings. The van der Waals surface area contributed by atoms with Crippen LogP contribution in [0, 0.1) is 11.8 Å². The van der Waals surface area contributed by atoms with Crippen LogP contribution in [-0.2, 0) is 9.59 Å². The summed E-state index contributed by atoms with van der Waals surface area (Å²) in [6.07, 6.45) is -0.831. The maximum Gasteiger partial charge on any atom is 0.343 e. The highest BCUT2D eigenvalue weighted by Gasteiger charge is 2.20. The van der Waals surface area contributed by atoms with E-state index >= 15 is 0 Å². The van der Waals surface area contributed by atoms with Crippen LogP contribution in [0.25, 0.3) is 0 Å². The Morgan fingerprint density at radius 1 is 0.848 bits per heavy atom. The van der Waals surface area contributed by atoms with Gasteiger partial charge in [-0.05, 0) is 49.0 Å². The van der Waals surface area contributed by atoms with Gasteiger partial charge in [0.15, 0.2) is 11.5 Å². The standard InChI is InChI=1S/C24H29NO7.ClH/c1-14(2)22(27)30-18-9-6-16(7-10-18)24(29)31-20-11-8-17(19(26)13-25-5)12-21(20)32-23(28)15(3)4;/h6-12,14-15,19,25-26H,13H2,1-5H3;1H. The SMILES string of the molecule is CNCC(O)c1ccc(OC(=O)c2ccc(OC(=O)C(C)C)cc2)c(OC(=O)C(C)C)c1.Cl. The molecule has 0 aliphatic heterocycles. The number of hydrogen-bond acceptors (Lipinski definition) is 8. The Morgan fingerprint density at radius 2 is 1.42 bits per heavy atom. The normalized spacial score (nSPS) is 11.5. The summed E-state index contributed by atoms with van der Waals surface area (Å²) in [4.78, 5) is 36.4. The molecule has 0 radical (unpaired) electrons. The van der Waals surface area contributed by atoms with Crippen LogP contribution in [0.3, 0.4) is 0 Å². The lowest BCUT2D eigenvalue weighted by molar-refractivity contribution is -0.138. The van der Waals surface area contributed by atoms with E-state index in [4.69, 9.17) is 14.2 Å². The van der Waals surface area contributed by atoms with Gasteiger partial charge in [-0.25, -0.2) is 4.79 Å². The summed E-state index contributed by atoms with van der Waals surface area (Å²) in [6.45, 7) is 7.11. The maximum absolute atomic E-state index is 12.6. The predicted octanol–water partition coefficient (Wildman–Crippen LogP) is 3.70. The Labute approximate surface area is 199 Å². The number of rotatable bonds is 9. The first-order valence-electron chi connectivity index (χ1n) is 10.3. The van der Waals surface area contributed by atoms with Crippen molar-refractivity contribution in [1.29, 1.82) is 0 Å². The van der Waals surface area contributed by atoms with E-state index in [1.807, 2.05) is 0 Å². The highest BCUT2D eigenvalue weighted by atomic mass is 35.5. The Balaban J connectivity index is 0.00000544. The Morgan fingerprint density at radius 3 is 1.97 bits per heavy atom. The molecule has 1 unspecified atom stereocenters. The molecule has 2 aromatic carbocycles. The molecule has 2 N–H and O–H groups in total. The van der Waals surface area contributed by atoms with E-state index in [0.717, 1.165) is 0 Å². The van der Waals surface area contributed by atoms with Gasteiger partial charge < -0.3 is 24.6 Å². The number of aliphatic hydroxyl groups is 1. The van der Waals surface area contributed by atoms with Crippen molar-refractivity contribution >= 4 is 30.3 Å². The van der Waals surface area contributed by atoms with E-state index in [2.05, 4.69) is 5.32 Å². The molecule has 0 bridgehead atoms. The third kappa shape index (κ3) is 8.16. The van der Waals surface area contributed by atoms with Crippen LogP contribution >= 0.6 is 12.4 Å². The van der Waals surface area contributed by atoms with E-state index in [-0.39, 0.29) is 41.4 Å². The molecule has 0 aromatic heterocycles. The van der Waals surface area contributed by atoms with Crippen molar-refractivity contribution in [3.8, 4) is 17.2 Å². The number of nitrogens with one attached hydrogen (secondary N) is 1. The first-order valence-corrected chi connectivity index (χ1v) is 10.3. The summed E-state index contributed by atoms with van der Waals surface area (Å²) in [6, 6.07) is 10.5. The third-order valence-corrected chi connectivity index (χ3v) is 4.41. The number of hydrogen-bond donors (Lipinski definition) is 2. The summed E-state index contributed by atoms with van der Waals surface area (Å²) in [5.41, 5.74) is 0.719. The predicted molar refractivity (Wildman–Crippen MR) is 125 cm³/mol. The largest absolute Gasteiger partial charge is 0.426 e. The van der Waals surface area contributed by atoms with E-state index in [1.54, 1.807) is 40.8 Å². The second-order valence-electron chi connectivity index (χ2n) is 7.85. The van der Waals surface area contributed by atoms with Crippen molar-refractivity contribution < 1.29 is 33.7 Å². The minimum atomic E-state index is -0.831. The van der Waals surface area contributed by atoms with Gasteiger partial charge in [0.05, 0.1) is 23.5 Å². The molecule has 33 heavy (non-hydrogen) atoms. The second kappa shape index (κ2) is 12.9. The lowest BCUT2D eigenvalue weighted by Crippen LogP contribution is -2.19. The molecule has 0 heterocycles. The van der Waals surface area contributed by atoms with Gasteiger partial charge in [0, 0.05) is 6.54 Å². The van der Waals surface area contributed by atoms with Gasteiger partial charge in [-0.2, -0.15) is 0 Å². The highest BCUT2D eigenvalue weighted by Crippen LogP contribution is 2.32. The number of esters is 3. The Kier molecular flexibility index (Phi) is 11.0. The minimum absolute atomic E-state index is 0. The van der Waals surface area contributed by atoms with Gasteiger partial charge in [0.25, 0.3) is 0 Å². The molecule has 0 aliphatic rings. The van der Waals surface area contributed by atoms with Crippen LogP contribution in [0.2, 0.25) is 0 Å². The number of carbonyl (C=O) groups excluding carboxylic acids is 3. The summed E-state index contributed by atoms with van der Waals surface area (Å²) in [7, 11) is 1.70. The number of carbonyl (C=O) groups is 3.